The van der Waals surface area contributed by atoms with Crippen molar-refractivity contribution in [1.29, 1.82) is 0 Å². The van der Waals surface area contributed by atoms with E-state index < -0.39 is 28.5 Å². The zero-order chi connectivity index (χ0) is 30.9. The molecule has 0 aliphatic carbocycles. The van der Waals surface area contributed by atoms with Crippen molar-refractivity contribution in [3.63, 3.8) is 0 Å². The van der Waals surface area contributed by atoms with Crippen LogP contribution >= 0.6 is 15.9 Å². The number of hydrogen-bond acceptors (Lipinski definition) is 6. The van der Waals surface area contributed by atoms with Crippen LogP contribution in [0.25, 0.3) is 0 Å². The zero-order valence-corrected chi connectivity index (χ0v) is 27.0. The molecule has 3 aromatic carbocycles. The molecule has 0 spiro atoms. The normalized spacial score (nSPS) is 11.9. The predicted octanol–water partition coefficient (Wildman–Crippen LogP) is 5.30. The Kier molecular flexibility index (Phi) is 11.8. The van der Waals surface area contributed by atoms with Crippen LogP contribution in [0.5, 0.6) is 11.5 Å². The largest absolute Gasteiger partial charge is 0.497 e. The third kappa shape index (κ3) is 8.04. The lowest BCUT2D eigenvalue weighted by Crippen LogP contribution is -2.52. The van der Waals surface area contributed by atoms with E-state index in [0.717, 1.165) is 21.9 Å². The highest BCUT2D eigenvalue weighted by molar-refractivity contribution is 9.10. The third-order valence-corrected chi connectivity index (χ3v) is 9.12. The number of sulfonamides is 1. The fraction of sp³-hybridized carbons (Fsp3) is 0.355. The van der Waals surface area contributed by atoms with Gasteiger partial charge in [-0.3, -0.25) is 13.9 Å². The molecule has 2 amide bonds. The molecule has 9 nitrogen and oxygen atoms in total. The number of anilines is 1. The molecule has 0 saturated carbocycles. The van der Waals surface area contributed by atoms with E-state index in [4.69, 9.17) is 9.47 Å². The van der Waals surface area contributed by atoms with Gasteiger partial charge >= 0.3 is 0 Å². The number of rotatable bonds is 14. The van der Waals surface area contributed by atoms with Crippen molar-refractivity contribution in [3.8, 4) is 11.5 Å². The molecule has 1 unspecified atom stereocenters. The number of nitrogens with zero attached hydrogens (tertiary/aromatic N) is 2. The Morgan fingerprint density at radius 1 is 0.976 bits per heavy atom. The Hall–Kier alpha value is -3.57. The summed E-state index contributed by atoms with van der Waals surface area (Å²) >= 11 is 3.36. The Bertz CT molecular complexity index is 1480. The molecule has 0 aliphatic heterocycles. The van der Waals surface area contributed by atoms with Crippen LogP contribution in [0.3, 0.4) is 0 Å². The highest BCUT2D eigenvalue weighted by atomic mass is 79.9. The van der Waals surface area contributed by atoms with E-state index >= 15 is 0 Å². The monoisotopic (exact) mass is 659 g/mol. The topological polar surface area (TPSA) is 105 Å². The van der Waals surface area contributed by atoms with Crippen LogP contribution in [0.15, 0.2) is 76.1 Å². The molecule has 0 saturated heterocycles. The van der Waals surface area contributed by atoms with Crippen LogP contribution in [-0.2, 0) is 26.2 Å². The van der Waals surface area contributed by atoms with E-state index in [1.807, 2.05) is 26.8 Å². The molecule has 0 aliphatic rings. The summed E-state index contributed by atoms with van der Waals surface area (Å²) in [5, 5.41) is 2.88. The van der Waals surface area contributed by atoms with Gasteiger partial charge in [-0.05, 0) is 83.7 Å². The molecule has 1 N–H and O–H groups in total. The van der Waals surface area contributed by atoms with Crippen molar-refractivity contribution >= 4 is 43.5 Å². The van der Waals surface area contributed by atoms with Crippen LogP contribution < -0.4 is 19.1 Å². The minimum absolute atomic E-state index is 0.0179. The van der Waals surface area contributed by atoms with E-state index in [-0.39, 0.29) is 17.3 Å². The van der Waals surface area contributed by atoms with Crippen molar-refractivity contribution in [3.05, 3.63) is 82.3 Å². The molecule has 3 aromatic rings. The molecule has 1 atom stereocenters. The fourth-order valence-corrected chi connectivity index (χ4v) is 6.56. The first kappa shape index (κ1) is 32.9. The van der Waals surface area contributed by atoms with Gasteiger partial charge in [0.2, 0.25) is 11.8 Å². The smallest absolute Gasteiger partial charge is 0.264 e. The Morgan fingerprint density at radius 3 is 2.29 bits per heavy atom. The van der Waals surface area contributed by atoms with Crippen LogP contribution in [0, 0.1) is 6.92 Å². The van der Waals surface area contributed by atoms with E-state index in [9.17, 15) is 18.0 Å². The van der Waals surface area contributed by atoms with E-state index in [2.05, 4.69) is 21.2 Å². The van der Waals surface area contributed by atoms with Crippen LogP contribution in [0.2, 0.25) is 0 Å². The van der Waals surface area contributed by atoms with E-state index in [1.165, 1.54) is 24.1 Å². The number of nitrogens with one attached hydrogen (secondary N) is 1. The summed E-state index contributed by atoms with van der Waals surface area (Å²) in [5.74, 6) is 0.269. The van der Waals surface area contributed by atoms with E-state index in [0.29, 0.717) is 34.6 Å². The molecule has 3 rings (SSSR count). The first-order valence-corrected chi connectivity index (χ1v) is 15.9. The number of amides is 2. The standard InChI is InChI=1S/C31H38BrN3O6S/c1-6-17-33-31(37)28(7-2)34(20-23-9-8-10-25(18-23)40-4)30(36)21-35(24-13-11-22(3)12-14-24)42(38,39)26-15-16-29(41-5)27(32)19-26/h8-16,18-19,28H,6-7,17,20-21H2,1-5H3,(H,33,37). The molecule has 0 heterocycles. The molecule has 0 fully saturated rings. The maximum absolute atomic E-state index is 14.2. The van der Waals surface area contributed by atoms with Crippen LogP contribution in [0.1, 0.15) is 37.8 Å². The molecular formula is C31H38BrN3O6S. The van der Waals surface area contributed by atoms with Crippen LogP contribution in [-0.4, -0.2) is 58.5 Å². The second-order valence-corrected chi connectivity index (χ2v) is 12.4. The predicted molar refractivity (Wildman–Crippen MR) is 167 cm³/mol. The number of halogens is 1. The van der Waals surface area contributed by atoms with Gasteiger partial charge in [0.15, 0.2) is 0 Å². The Balaban J connectivity index is 2.08. The van der Waals surface area contributed by atoms with Gasteiger partial charge in [0.25, 0.3) is 10.0 Å². The summed E-state index contributed by atoms with van der Waals surface area (Å²) in [4.78, 5) is 28.8. The first-order valence-electron chi connectivity index (χ1n) is 13.7. The lowest BCUT2D eigenvalue weighted by atomic mass is 10.1. The minimum Gasteiger partial charge on any atom is -0.497 e. The van der Waals surface area contributed by atoms with Gasteiger partial charge in [0.05, 0.1) is 29.3 Å². The minimum atomic E-state index is -4.21. The lowest BCUT2D eigenvalue weighted by molar-refractivity contribution is -0.140. The molecule has 226 valence electrons. The van der Waals surface area contributed by atoms with Gasteiger partial charge in [-0.1, -0.05) is 43.7 Å². The number of benzene rings is 3. The SMILES string of the molecule is CCCNC(=O)C(CC)N(Cc1cccc(OC)c1)C(=O)CN(c1ccc(C)cc1)S(=O)(=O)c1ccc(OC)c(Br)c1. The summed E-state index contributed by atoms with van der Waals surface area (Å²) in [6.07, 6.45) is 1.08. The van der Waals surface area contributed by atoms with Gasteiger partial charge in [-0.15, -0.1) is 0 Å². The Morgan fingerprint density at radius 2 is 1.69 bits per heavy atom. The number of carbonyl (C=O) groups is 2. The molecular weight excluding hydrogens is 622 g/mol. The Labute approximate surface area is 257 Å². The summed E-state index contributed by atoms with van der Waals surface area (Å²) < 4.78 is 40.3. The van der Waals surface area contributed by atoms with Gasteiger partial charge in [0, 0.05) is 13.1 Å². The second-order valence-electron chi connectivity index (χ2n) is 9.73. The molecule has 0 aromatic heterocycles. The number of hydrogen-bond donors (Lipinski definition) is 1. The van der Waals surface area contributed by atoms with Gasteiger partial charge in [-0.25, -0.2) is 8.42 Å². The average Bonchev–Trinajstić information content (AvgIpc) is 2.99. The van der Waals surface area contributed by atoms with Crippen molar-refractivity contribution in [2.24, 2.45) is 0 Å². The van der Waals surface area contributed by atoms with Crippen molar-refractivity contribution in [2.45, 2.75) is 51.1 Å². The summed E-state index contributed by atoms with van der Waals surface area (Å²) in [6.45, 7) is 5.70. The highest BCUT2D eigenvalue weighted by Crippen LogP contribution is 2.31. The van der Waals surface area contributed by atoms with Gasteiger partial charge in [0.1, 0.15) is 24.1 Å². The van der Waals surface area contributed by atoms with Crippen LogP contribution in [0.4, 0.5) is 5.69 Å². The summed E-state index contributed by atoms with van der Waals surface area (Å²) in [5.41, 5.74) is 2.01. The van der Waals surface area contributed by atoms with E-state index in [1.54, 1.807) is 55.6 Å². The quantitative estimate of drug-likeness (QED) is 0.252. The summed E-state index contributed by atoms with van der Waals surface area (Å²) in [6, 6.07) is 17.7. The van der Waals surface area contributed by atoms with Gasteiger partial charge < -0.3 is 19.7 Å². The molecule has 0 bridgehead atoms. The number of ether oxygens (including phenoxy) is 2. The van der Waals surface area contributed by atoms with Crippen molar-refractivity contribution < 1.29 is 27.5 Å². The van der Waals surface area contributed by atoms with Crippen molar-refractivity contribution in [2.75, 3.05) is 31.6 Å². The first-order chi connectivity index (χ1) is 20.0. The average molecular weight is 661 g/mol. The molecule has 0 radical (unpaired) electrons. The highest BCUT2D eigenvalue weighted by Gasteiger charge is 2.34. The molecule has 11 heteroatoms. The van der Waals surface area contributed by atoms with Gasteiger partial charge in [-0.2, -0.15) is 0 Å². The second kappa shape index (κ2) is 15.1. The third-order valence-electron chi connectivity index (χ3n) is 6.73. The number of methoxy groups -OCH3 is 2. The number of carbonyl (C=O) groups excluding carboxylic acids is 2. The number of aryl methyl sites for hydroxylation is 1. The summed E-state index contributed by atoms with van der Waals surface area (Å²) in [7, 11) is -1.17. The fourth-order valence-electron chi connectivity index (χ4n) is 4.43. The van der Waals surface area contributed by atoms with Crippen molar-refractivity contribution in [1.82, 2.24) is 10.2 Å². The zero-order valence-electron chi connectivity index (χ0n) is 24.6. The molecule has 42 heavy (non-hydrogen) atoms. The lowest BCUT2D eigenvalue weighted by Gasteiger charge is -2.33. The maximum atomic E-state index is 14.2. The maximum Gasteiger partial charge on any atom is 0.264 e.